The highest BCUT2D eigenvalue weighted by Crippen LogP contribution is 2.37. The van der Waals surface area contributed by atoms with Gasteiger partial charge in [0.2, 0.25) is 70.9 Å². The Morgan fingerprint density at radius 3 is 1.80 bits per heavy atom. The van der Waals surface area contributed by atoms with Gasteiger partial charge in [0.25, 0.3) is 0 Å². The number of piperidine rings is 1. The normalized spacial score (nSPS) is 25.0. The van der Waals surface area contributed by atoms with Crippen LogP contribution in [0, 0.1) is 29.4 Å². The number of likely N-dealkylation sites (N-methyl/N-ethyl adjacent to an activating group) is 8. The molecule has 4 fully saturated rings. The minimum absolute atomic E-state index is 0.000257. The Labute approximate surface area is 600 Å². The molecule has 566 valence electrons. The second-order valence-electron chi connectivity index (χ2n) is 28.8. The molecule has 24 nitrogen and oxygen atoms in total. The number of likely N-dealkylation sites (tertiary alicyclic amines) is 1. The van der Waals surface area contributed by atoms with Gasteiger partial charge in [0.1, 0.15) is 47.8 Å². The van der Waals surface area contributed by atoms with Crippen molar-refractivity contribution in [3.8, 4) is 0 Å². The minimum atomic E-state index is -4.83. The zero-order valence-electron chi connectivity index (χ0n) is 61.2. The lowest BCUT2D eigenvalue weighted by atomic mass is 9.84. The summed E-state index contributed by atoms with van der Waals surface area (Å²) in [6.45, 7) is 7.01. The van der Waals surface area contributed by atoms with E-state index in [4.69, 9.17) is 11.6 Å². The Bertz CT molecular complexity index is 3380. The first-order valence-electron chi connectivity index (χ1n) is 35.4. The molecule has 0 unspecified atom stereocenters. The van der Waals surface area contributed by atoms with Crippen LogP contribution in [0.15, 0.2) is 36.4 Å². The number of benzene rings is 2. The van der Waals surface area contributed by atoms with Crippen molar-refractivity contribution in [1.82, 2.24) is 60.0 Å². The van der Waals surface area contributed by atoms with Crippen LogP contribution in [0.4, 0.5) is 22.0 Å². The predicted octanol–water partition coefficient (Wildman–Crippen LogP) is 5.83. The molecule has 8 atom stereocenters. The van der Waals surface area contributed by atoms with Gasteiger partial charge in [-0.15, -0.1) is 0 Å². The first-order valence-corrected chi connectivity index (χ1v) is 35.8. The van der Waals surface area contributed by atoms with E-state index < -0.39 is 191 Å². The summed E-state index contributed by atoms with van der Waals surface area (Å²) < 4.78 is 71.5. The zero-order valence-corrected chi connectivity index (χ0v) is 61.9. The Morgan fingerprint density at radius 1 is 0.618 bits per heavy atom. The van der Waals surface area contributed by atoms with E-state index in [9.17, 15) is 55.9 Å². The molecular formula is C72H104ClF5N12O12. The van der Waals surface area contributed by atoms with Gasteiger partial charge in [-0.1, -0.05) is 103 Å². The lowest BCUT2D eigenvalue weighted by molar-refractivity contribution is -0.156. The van der Waals surface area contributed by atoms with E-state index in [2.05, 4.69) is 16.0 Å². The summed E-state index contributed by atoms with van der Waals surface area (Å²) in [6, 6.07) is -4.19. The van der Waals surface area contributed by atoms with Crippen molar-refractivity contribution < 1.29 is 79.5 Å². The highest BCUT2D eigenvalue weighted by molar-refractivity contribution is 6.31. The van der Waals surface area contributed by atoms with E-state index in [0.29, 0.717) is 45.2 Å². The third-order valence-electron chi connectivity index (χ3n) is 21.1. The van der Waals surface area contributed by atoms with Crippen molar-refractivity contribution in [2.45, 2.75) is 204 Å². The van der Waals surface area contributed by atoms with Crippen LogP contribution >= 0.6 is 11.6 Å². The maximum Gasteiger partial charge on any atom is 0.417 e. The van der Waals surface area contributed by atoms with Gasteiger partial charge in [0.05, 0.1) is 36.6 Å². The fourth-order valence-corrected chi connectivity index (χ4v) is 14.5. The molecule has 2 saturated carbocycles. The Hall–Kier alpha value is -7.98. The molecule has 12 amide bonds. The van der Waals surface area contributed by atoms with E-state index in [0.717, 1.165) is 98.3 Å². The van der Waals surface area contributed by atoms with E-state index in [1.54, 1.807) is 32.6 Å². The predicted molar refractivity (Wildman–Crippen MR) is 370 cm³/mol. The SMILES string of the molecule is CC[C@H](C)[C@@H]1NC(=O)[C@H](C)N(C)C(=O)C[C@@H](C(=O)N2CCCCC2)N(C)C(=O)[C@H](C(C)C)N(C)C(=O)C2(CCCC2)NC(=O)[C@H](Cc2ccc(F)c(F)c2)N(C)C(=O)[C@H](CCc2ccc(C(F)(F)F)c(Cl)c2)NC(=O)CN(C)C(=O)[C@H](CC2CCCCC2)N(C)C(=O)CN(C)C(=O)CN(C)C1=O. The van der Waals surface area contributed by atoms with Crippen molar-refractivity contribution in [2.75, 3.05) is 89.1 Å². The van der Waals surface area contributed by atoms with Crippen molar-refractivity contribution in [3.05, 3.63) is 69.7 Å². The van der Waals surface area contributed by atoms with Gasteiger partial charge < -0.3 is 60.0 Å². The number of alkyl halides is 3. The average molecular weight is 1460 g/mol. The Morgan fingerprint density at radius 2 is 1.22 bits per heavy atom. The third-order valence-corrected chi connectivity index (χ3v) is 21.4. The lowest BCUT2D eigenvalue weighted by Crippen LogP contribution is -2.65. The fraction of sp³-hybridized carbons (Fsp3) is 0.667. The van der Waals surface area contributed by atoms with Gasteiger partial charge in [0.15, 0.2) is 11.6 Å². The topological polar surface area (TPSA) is 270 Å². The molecule has 4 aliphatic rings. The van der Waals surface area contributed by atoms with Crippen LogP contribution < -0.4 is 16.0 Å². The first kappa shape index (κ1) is 83.0. The van der Waals surface area contributed by atoms with Gasteiger partial charge in [-0.3, -0.25) is 57.5 Å². The summed E-state index contributed by atoms with van der Waals surface area (Å²) in [5.41, 5.74) is -2.75. The van der Waals surface area contributed by atoms with Gasteiger partial charge in [-0.25, -0.2) is 8.78 Å². The van der Waals surface area contributed by atoms with Crippen molar-refractivity contribution in [2.24, 2.45) is 17.8 Å². The van der Waals surface area contributed by atoms with Gasteiger partial charge in [0, 0.05) is 75.9 Å². The van der Waals surface area contributed by atoms with Crippen molar-refractivity contribution in [3.63, 3.8) is 0 Å². The summed E-state index contributed by atoms with van der Waals surface area (Å²) >= 11 is 6.15. The number of halogens is 6. The molecule has 1 spiro atoms. The zero-order chi connectivity index (χ0) is 76.0. The molecule has 6 rings (SSSR count). The van der Waals surface area contributed by atoms with Gasteiger partial charge in [-0.05, 0) is 111 Å². The van der Waals surface area contributed by atoms with Crippen LogP contribution in [-0.2, 0) is 76.6 Å². The summed E-state index contributed by atoms with van der Waals surface area (Å²) in [5, 5.41) is 7.66. The van der Waals surface area contributed by atoms with Crippen LogP contribution in [0.1, 0.15) is 154 Å². The monoisotopic (exact) mass is 1460 g/mol. The highest BCUT2D eigenvalue weighted by Gasteiger charge is 2.50. The molecule has 0 radical (unpaired) electrons. The molecule has 2 aromatic rings. The molecule has 0 bridgehead atoms. The average Bonchev–Trinajstić information content (AvgIpc) is 1.41. The Balaban J connectivity index is 1.46. The quantitative estimate of drug-likeness (QED) is 0.224. The summed E-state index contributed by atoms with van der Waals surface area (Å²) in [5.74, 6) is -13.0. The van der Waals surface area contributed by atoms with E-state index in [1.165, 1.54) is 79.2 Å². The largest absolute Gasteiger partial charge is 0.417 e. The molecular weight excluding hydrogens is 1360 g/mol. The van der Waals surface area contributed by atoms with E-state index >= 15 is 23.6 Å². The number of hydrogen-bond acceptors (Lipinski definition) is 12. The number of amides is 12. The summed E-state index contributed by atoms with van der Waals surface area (Å²) in [6.07, 6.45) is 0.912. The van der Waals surface area contributed by atoms with Crippen LogP contribution in [0.5, 0.6) is 0 Å². The molecule has 2 aliphatic heterocycles. The molecule has 3 N–H and O–H groups in total. The second-order valence-corrected chi connectivity index (χ2v) is 29.2. The smallest absolute Gasteiger partial charge is 0.343 e. The van der Waals surface area contributed by atoms with Crippen molar-refractivity contribution in [1.29, 1.82) is 0 Å². The molecule has 0 aromatic heterocycles. The standard InChI is InChI=1S/C72H104ClF5N12O12/c1-14-44(4)61-68(100)84(8)41-59(93)82(6)42-60(94)86(10)55(37-46-23-17-15-18-24-46)66(98)83(7)40-57(91)79-53(30-27-47-25-28-49(50(73)35-47)72(76,77)78)65(97)87(11)54(38-48-26-29-51(74)52(75)36-48)64(96)81-71(31-19-20-32-71)70(102)89(13)62(43(2)3)69(101)88(12)56(67(99)90-33-21-16-22-34-90)39-58(92)85(9)45(5)63(95)80-61/h25-26,28-29,35-36,43-46,53-56,61-62H,14-24,27,30-34,37-42H2,1-13H3,(H,79,91)(H,80,95)(H,81,96)/t44-,45-,53-,54-,55-,56-,61-,62-/m0/s1. The second kappa shape index (κ2) is 36.4. The molecule has 102 heavy (non-hydrogen) atoms. The molecule has 2 aromatic carbocycles. The number of aryl methyl sites for hydroxylation is 1. The maximum atomic E-state index is 15.6. The van der Waals surface area contributed by atoms with E-state index in [1.807, 2.05) is 0 Å². The van der Waals surface area contributed by atoms with E-state index in [-0.39, 0.29) is 49.1 Å². The molecule has 2 saturated heterocycles. The first-order chi connectivity index (χ1) is 47.8. The summed E-state index contributed by atoms with van der Waals surface area (Å²) in [4.78, 5) is 188. The fourth-order valence-electron chi connectivity index (χ4n) is 14.2. The summed E-state index contributed by atoms with van der Waals surface area (Å²) in [7, 11) is 10.6. The maximum absolute atomic E-state index is 15.6. The van der Waals surface area contributed by atoms with Crippen LogP contribution in [0.2, 0.25) is 5.02 Å². The molecule has 30 heteroatoms. The van der Waals surface area contributed by atoms with Gasteiger partial charge >= 0.3 is 6.18 Å². The number of carbonyl (C=O) groups excluding carboxylic acids is 12. The van der Waals surface area contributed by atoms with Crippen LogP contribution in [-0.4, -0.2) is 252 Å². The minimum Gasteiger partial charge on any atom is -0.343 e. The number of carbonyl (C=O) groups is 12. The van der Waals surface area contributed by atoms with Crippen LogP contribution in [0.25, 0.3) is 0 Å². The highest BCUT2D eigenvalue weighted by atomic mass is 35.5. The molecule has 2 aliphatic carbocycles. The number of nitrogens with one attached hydrogen (secondary N) is 3. The molecule has 2 heterocycles. The number of rotatable bonds is 11. The Kier molecular flexibility index (Phi) is 29.6. The van der Waals surface area contributed by atoms with Crippen LogP contribution in [0.3, 0.4) is 0 Å². The van der Waals surface area contributed by atoms with Gasteiger partial charge in [-0.2, -0.15) is 13.2 Å². The van der Waals surface area contributed by atoms with Crippen molar-refractivity contribution >= 4 is 82.5 Å². The number of nitrogens with zero attached hydrogens (tertiary/aromatic N) is 9. The lowest BCUT2D eigenvalue weighted by Gasteiger charge is -2.42. The number of hydrogen-bond donors (Lipinski definition) is 3. The third kappa shape index (κ3) is 20.9.